The Labute approximate surface area is 321 Å². The molecule has 0 aliphatic carbocycles. The molecule has 1 nitrogen and oxygen atoms in total. The Kier molecular flexibility index (Phi) is 6.78. The Bertz CT molecular complexity index is 3020. The number of fused-ring (bicyclic) bond motifs is 1. The monoisotopic (exact) mass is 682 g/mol. The van der Waals surface area contributed by atoms with Crippen LogP contribution in [0, 0.1) is 0 Å². The minimum absolute atomic E-state index is 0.0637. The van der Waals surface area contributed by atoms with Crippen LogP contribution in [0.5, 0.6) is 0 Å². The Morgan fingerprint density at radius 3 is 1.47 bits per heavy atom. The molecule has 9 aromatic carbocycles. The molecule has 0 spiro atoms. The van der Waals surface area contributed by atoms with Crippen LogP contribution in [0.4, 0.5) is 17.1 Å². The predicted octanol–water partition coefficient (Wildman–Crippen LogP) is 14.6. The average Bonchev–Trinajstić information content (AvgIpc) is 3.31. The van der Waals surface area contributed by atoms with E-state index in [0.29, 0.717) is 5.56 Å². The smallest absolute Gasteiger partial charge is 0.0629 e. The zero-order valence-electron chi connectivity index (χ0n) is 35.8. The van der Waals surface area contributed by atoms with Crippen LogP contribution >= 0.6 is 0 Å². The summed E-state index contributed by atoms with van der Waals surface area (Å²) in [5.41, 5.74) is 12.2. The minimum atomic E-state index is -0.473. The van der Waals surface area contributed by atoms with Crippen molar-refractivity contribution in [3.05, 3.63) is 224 Å². The van der Waals surface area contributed by atoms with E-state index in [1.165, 1.54) is 0 Å². The molecule has 0 aromatic heterocycles. The number of benzene rings is 9. The average molecular weight is 683 g/mol. The van der Waals surface area contributed by atoms with Crippen molar-refractivity contribution in [3.8, 4) is 55.6 Å². The molecule has 0 atom stereocenters. The molecule has 0 aliphatic heterocycles. The summed E-state index contributed by atoms with van der Waals surface area (Å²) in [4.78, 5) is 2.18. The highest BCUT2D eigenvalue weighted by Gasteiger charge is 2.18. The largest absolute Gasteiger partial charge is 0.310 e. The number of para-hydroxylation sites is 1. The summed E-state index contributed by atoms with van der Waals surface area (Å²) in [5.74, 6) is 0. The first-order valence-electron chi connectivity index (χ1n) is 21.1. The highest BCUT2D eigenvalue weighted by molar-refractivity contribution is 5.97. The molecule has 53 heavy (non-hydrogen) atoms. The third kappa shape index (κ3) is 6.42. The molecule has 0 heterocycles. The first kappa shape index (κ1) is 25.1. The van der Waals surface area contributed by atoms with Gasteiger partial charge in [-0.1, -0.05) is 188 Å². The Hall–Kier alpha value is -6.96. The molecule has 1 heteroatoms. The van der Waals surface area contributed by atoms with Gasteiger partial charge in [0.15, 0.2) is 0 Å². The Morgan fingerprint density at radius 2 is 0.811 bits per heavy atom. The summed E-state index contributed by atoms with van der Waals surface area (Å²) in [7, 11) is 0. The lowest BCUT2D eigenvalue weighted by atomic mass is 9.91. The topological polar surface area (TPSA) is 3.24 Å². The second-order valence-electron chi connectivity index (χ2n) is 12.8. The van der Waals surface area contributed by atoms with Crippen molar-refractivity contribution in [2.45, 2.75) is 0 Å². The van der Waals surface area contributed by atoms with E-state index in [1.807, 2.05) is 66.7 Å². The Morgan fingerprint density at radius 1 is 0.321 bits per heavy atom. The number of rotatable bonds is 8. The van der Waals surface area contributed by atoms with Gasteiger partial charge in [0, 0.05) is 16.9 Å². The maximum atomic E-state index is 8.92. The van der Waals surface area contributed by atoms with E-state index in [9.17, 15) is 0 Å². The van der Waals surface area contributed by atoms with E-state index in [2.05, 4.69) is 120 Å². The standard InChI is InChI=1S/C52H37N/c1-4-15-39(16-5-1)49-36-31-44(37-51(49)42-19-8-3-9-20-42)38-27-32-45(33-28-38)53(52-26-13-12-24-50(52)41-17-6-2-7-18-41)46-34-29-43(30-35-46)48-25-14-22-40-21-10-11-23-47(40)48/h1-37H/i10D,11D,14D,21D,22D,23D,25D. The fourth-order valence-corrected chi connectivity index (χ4v) is 7.02. The quantitative estimate of drug-likeness (QED) is 0.154. The van der Waals surface area contributed by atoms with E-state index >= 15 is 0 Å². The fourth-order valence-electron chi connectivity index (χ4n) is 7.02. The minimum Gasteiger partial charge on any atom is -0.310 e. The molecule has 9 rings (SSSR count). The zero-order valence-corrected chi connectivity index (χ0v) is 28.8. The van der Waals surface area contributed by atoms with Gasteiger partial charge in [-0.2, -0.15) is 0 Å². The van der Waals surface area contributed by atoms with Crippen molar-refractivity contribution < 1.29 is 9.60 Å². The Balaban J connectivity index is 1.17. The molecule has 250 valence electrons. The number of hydrogen-bond acceptors (Lipinski definition) is 1. The summed E-state index contributed by atoms with van der Waals surface area (Å²) in [6.07, 6.45) is 0. The van der Waals surface area contributed by atoms with Crippen LogP contribution < -0.4 is 4.90 Å². The van der Waals surface area contributed by atoms with Gasteiger partial charge in [0.2, 0.25) is 0 Å². The van der Waals surface area contributed by atoms with Gasteiger partial charge < -0.3 is 4.90 Å². The van der Waals surface area contributed by atoms with Crippen LogP contribution in [-0.2, 0) is 0 Å². The first-order chi connectivity index (χ1) is 29.2. The SMILES string of the molecule is [2H]c1c([2H])c([2H])c2c(-c3ccc(N(c4ccc(-c5ccc(-c6ccccc6)c(-c6ccccc6)c5)cc4)c4ccccc4-c4ccccc4)cc3)c([2H])c([2H])c([2H])c2c1[2H]. The molecule has 9 aromatic rings. The van der Waals surface area contributed by atoms with Gasteiger partial charge in [-0.05, 0) is 97.2 Å². The second-order valence-corrected chi connectivity index (χ2v) is 12.8. The molecular weight excluding hydrogens is 639 g/mol. The van der Waals surface area contributed by atoms with Crippen LogP contribution in [0.3, 0.4) is 0 Å². The summed E-state index contributed by atoms with van der Waals surface area (Å²) in [6.45, 7) is 0. The molecular formula is C52H37N. The van der Waals surface area contributed by atoms with Crippen molar-refractivity contribution in [3.63, 3.8) is 0 Å². The predicted molar refractivity (Wildman–Crippen MR) is 226 cm³/mol. The number of hydrogen-bond donors (Lipinski definition) is 0. The normalized spacial score (nSPS) is 12.9. The zero-order chi connectivity index (χ0) is 41.5. The lowest BCUT2D eigenvalue weighted by molar-refractivity contribution is 1.28. The summed E-state index contributed by atoms with van der Waals surface area (Å²) < 4.78 is 60.0. The third-order valence-corrected chi connectivity index (χ3v) is 9.60. The number of anilines is 3. The number of nitrogens with zero attached hydrogens (tertiary/aromatic N) is 1. The van der Waals surface area contributed by atoms with Gasteiger partial charge in [0.25, 0.3) is 0 Å². The summed E-state index contributed by atoms with van der Waals surface area (Å²) in [5, 5.41) is -0.000910. The van der Waals surface area contributed by atoms with Gasteiger partial charge in [0.1, 0.15) is 0 Å². The molecule has 0 saturated carbocycles. The van der Waals surface area contributed by atoms with E-state index in [1.54, 1.807) is 0 Å². The van der Waals surface area contributed by atoms with Gasteiger partial charge in [-0.15, -0.1) is 0 Å². The van der Waals surface area contributed by atoms with Crippen molar-refractivity contribution in [2.24, 2.45) is 0 Å². The molecule has 0 radical (unpaired) electrons. The van der Waals surface area contributed by atoms with Gasteiger partial charge >= 0.3 is 0 Å². The molecule has 0 saturated heterocycles. The maximum Gasteiger partial charge on any atom is 0.0629 e. The molecule has 0 aliphatic rings. The fraction of sp³-hybridized carbons (Fsp3) is 0. The van der Waals surface area contributed by atoms with Crippen LogP contribution in [0.2, 0.25) is 0 Å². The van der Waals surface area contributed by atoms with Crippen LogP contribution in [0.25, 0.3) is 66.4 Å². The van der Waals surface area contributed by atoms with E-state index in [0.717, 1.165) is 61.6 Å². The van der Waals surface area contributed by atoms with E-state index < -0.39 is 30.2 Å². The van der Waals surface area contributed by atoms with E-state index in [4.69, 9.17) is 9.60 Å². The van der Waals surface area contributed by atoms with Crippen LogP contribution in [-0.4, -0.2) is 0 Å². The van der Waals surface area contributed by atoms with Crippen molar-refractivity contribution >= 4 is 27.8 Å². The first-order valence-corrected chi connectivity index (χ1v) is 17.6. The molecule has 0 unspecified atom stereocenters. The molecule has 0 fully saturated rings. The van der Waals surface area contributed by atoms with Gasteiger partial charge in [-0.25, -0.2) is 0 Å². The maximum absolute atomic E-state index is 8.92. The lowest BCUT2D eigenvalue weighted by Crippen LogP contribution is -2.11. The highest BCUT2D eigenvalue weighted by atomic mass is 15.1. The van der Waals surface area contributed by atoms with Crippen LogP contribution in [0.1, 0.15) is 9.60 Å². The molecule has 0 N–H and O–H groups in total. The summed E-state index contributed by atoms with van der Waals surface area (Å²) >= 11 is 0. The third-order valence-electron chi connectivity index (χ3n) is 9.60. The van der Waals surface area contributed by atoms with Crippen molar-refractivity contribution in [1.29, 1.82) is 0 Å². The summed E-state index contributed by atoms with van der Waals surface area (Å²) in [6, 6.07) is 59.2. The molecule has 0 amide bonds. The lowest BCUT2D eigenvalue weighted by Gasteiger charge is -2.28. The highest BCUT2D eigenvalue weighted by Crippen LogP contribution is 2.43. The van der Waals surface area contributed by atoms with Gasteiger partial charge in [-0.3, -0.25) is 0 Å². The second kappa shape index (κ2) is 14.3. The van der Waals surface area contributed by atoms with Crippen LogP contribution in [0.15, 0.2) is 224 Å². The van der Waals surface area contributed by atoms with Crippen molar-refractivity contribution in [2.75, 3.05) is 4.90 Å². The van der Waals surface area contributed by atoms with E-state index in [-0.39, 0.29) is 28.4 Å². The van der Waals surface area contributed by atoms with Gasteiger partial charge in [0.05, 0.1) is 15.3 Å². The molecule has 0 bridgehead atoms. The van der Waals surface area contributed by atoms with Crippen molar-refractivity contribution in [1.82, 2.24) is 0 Å².